The average Bonchev–Trinajstić information content (AvgIpc) is 3.27. The Kier molecular flexibility index (Phi) is 5.77. The van der Waals surface area contributed by atoms with E-state index in [4.69, 9.17) is 4.42 Å². The largest absolute Gasteiger partial charge is 0.416 e. The molecule has 1 aromatic heterocycles. The summed E-state index contributed by atoms with van der Waals surface area (Å²) >= 11 is 0. The zero-order valence-corrected chi connectivity index (χ0v) is 17.0. The van der Waals surface area contributed by atoms with Crippen molar-refractivity contribution in [2.45, 2.75) is 19.6 Å². The number of amides is 1. The van der Waals surface area contributed by atoms with Crippen molar-refractivity contribution in [2.75, 3.05) is 0 Å². The van der Waals surface area contributed by atoms with Crippen molar-refractivity contribution in [3.8, 4) is 22.9 Å². The first-order valence-corrected chi connectivity index (χ1v) is 9.75. The van der Waals surface area contributed by atoms with Crippen LogP contribution in [0, 0.1) is 6.92 Å². The Morgan fingerprint density at radius 2 is 1.66 bits per heavy atom. The van der Waals surface area contributed by atoms with Crippen molar-refractivity contribution >= 4 is 5.91 Å². The number of carbonyl (C=O) groups is 1. The fourth-order valence-electron chi connectivity index (χ4n) is 3.17. The fourth-order valence-corrected chi connectivity index (χ4v) is 3.17. The molecule has 0 saturated carbocycles. The zero-order chi connectivity index (χ0) is 22.7. The Balaban J connectivity index is 1.43. The molecular formula is C24H18F3N3O2. The van der Waals surface area contributed by atoms with Gasteiger partial charge in [-0.2, -0.15) is 13.2 Å². The van der Waals surface area contributed by atoms with E-state index in [2.05, 4.69) is 15.5 Å². The van der Waals surface area contributed by atoms with Gasteiger partial charge in [0.2, 0.25) is 11.8 Å². The highest BCUT2D eigenvalue weighted by Gasteiger charge is 2.30. The second-order valence-electron chi connectivity index (χ2n) is 7.19. The quantitative estimate of drug-likeness (QED) is 0.437. The van der Waals surface area contributed by atoms with Crippen LogP contribution in [0.3, 0.4) is 0 Å². The van der Waals surface area contributed by atoms with Gasteiger partial charge in [-0.3, -0.25) is 4.79 Å². The third-order valence-corrected chi connectivity index (χ3v) is 4.90. The first-order chi connectivity index (χ1) is 15.3. The summed E-state index contributed by atoms with van der Waals surface area (Å²) in [5.41, 5.74) is 2.47. The summed E-state index contributed by atoms with van der Waals surface area (Å²) in [6.07, 6.45) is -4.43. The molecule has 0 unspecified atom stereocenters. The number of hydrogen-bond acceptors (Lipinski definition) is 4. The number of carbonyl (C=O) groups excluding carboxylic acids is 1. The van der Waals surface area contributed by atoms with Crippen molar-refractivity contribution in [3.05, 3.63) is 95.1 Å². The summed E-state index contributed by atoms with van der Waals surface area (Å²) < 4.78 is 44.2. The second kappa shape index (κ2) is 8.66. The Labute approximate surface area is 181 Å². The van der Waals surface area contributed by atoms with E-state index in [1.54, 1.807) is 24.3 Å². The molecule has 0 aliphatic heterocycles. The first kappa shape index (κ1) is 21.3. The van der Waals surface area contributed by atoms with Gasteiger partial charge < -0.3 is 9.73 Å². The maximum absolute atomic E-state index is 12.8. The molecule has 8 heteroatoms. The molecule has 1 heterocycles. The van der Waals surface area contributed by atoms with Crippen LogP contribution >= 0.6 is 0 Å². The molecule has 0 aliphatic carbocycles. The number of nitrogens with zero attached hydrogens (tertiary/aromatic N) is 2. The lowest BCUT2D eigenvalue weighted by Crippen LogP contribution is -2.23. The maximum Gasteiger partial charge on any atom is 0.416 e. The minimum absolute atomic E-state index is 0.0199. The monoisotopic (exact) mass is 437 g/mol. The Morgan fingerprint density at radius 1 is 0.938 bits per heavy atom. The van der Waals surface area contributed by atoms with Gasteiger partial charge in [-0.1, -0.05) is 30.3 Å². The van der Waals surface area contributed by atoms with Gasteiger partial charge in [0.1, 0.15) is 0 Å². The van der Waals surface area contributed by atoms with Gasteiger partial charge in [-0.05, 0) is 60.5 Å². The average molecular weight is 437 g/mol. The molecule has 0 atom stereocenters. The third-order valence-electron chi connectivity index (χ3n) is 4.90. The van der Waals surface area contributed by atoms with Crippen LogP contribution in [-0.2, 0) is 12.7 Å². The summed E-state index contributed by atoms with van der Waals surface area (Å²) in [7, 11) is 0. The summed E-state index contributed by atoms with van der Waals surface area (Å²) in [4.78, 5) is 12.4. The molecule has 0 radical (unpaired) electrons. The van der Waals surface area contributed by atoms with Crippen LogP contribution < -0.4 is 5.32 Å². The van der Waals surface area contributed by atoms with Gasteiger partial charge in [0.25, 0.3) is 5.91 Å². The summed E-state index contributed by atoms with van der Waals surface area (Å²) in [6.45, 7) is 1.93. The Hall–Kier alpha value is -3.94. The van der Waals surface area contributed by atoms with Crippen molar-refractivity contribution in [2.24, 2.45) is 0 Å². The molecule has 0 fully saturated rings. The molecule has 1 amide bonds. The zero-order valence-electron chi connectivity index (χ0n) is 17.0. The van der Waals surface area contributed by atoms with E-state index in [1.165, 1.54) is 12.1 Å². The summed E-state index contributed by atoms with van der Waals surface area (Å²) in [5.74, 6) is 0.320. The van der Waals surface area contributed by atoms with Gasteiger partial charge in [-0.25, -0.2) is 0 Å². The molecule has 0 bridgehead atoms. The number of aryl methyl sites for hydroxylation is 1. The molecule has 32 heavy (non-hydrogen) atoms. The van der Waals surface area contributed by atoms with Gasteiger partial charge in [-0.15, -0.1) is 10.2 Å². The topological polar surface area (TPSA) is 68.0 Å². The molecule has 0 saturated heterocycles. The minimum atomic E-state index is -4.43. The van der Waals surface area contributed by atoms with Gasteiger partial charge in [0.05, 0.1) is 5.56 Å². The Bertz CT molecular complexity index is 1250. The lowest BCUT2D eigenvalue weighted by atomic mass is 10.1. The SMILES string of the molecule is Cc1ccccc1-c1nnc(-c2ccc(C(=O)NCc3cccc(C(F)(F)F)c3)cc2)o1. The van der Waals surface area contributed by atoms with Gasteiger partial charge in [0, 0.05) is 23.2 Å². The van der Waals surface area contributed by atoms with Crippen LogP contribution in [0.15, 0.2) is 77.2 Å². The lowest BCUT2D eigenvalue weighted by molar-refractivity contribution is -0.137. The van der Waals surface area contributed by atoms with Crippen molar-refractivity contribution < 1.29 is 22.4 Å². The number of halogens is 3. The first-order valence-electron chi connectivity index (χ1n) is 9.75. The van der Waals surface area contributed by atoms with Gasteiger partial charge >= 0.3 is 6.18 Å². The smallest absolute Gasteiger partial charge is 0.416 e. The summed E-state index contributed by atoms with van der Waals surface area (Å²) in [5, 5.41) is 10.8. The van der Waals surface area contributed by atoms with Crippen LogP contribution in [0.5, 0.6) is 0 Å². The molecule has 0 spiro atoms. The molecule has 3 aromatic carbocycles. The van der Waals surface area contributed by atoms with Crippen LogP contribution in [0.25, 0.3) is 22.9 Å². The van der Waals surface area contributed by atoms with E-state index in [1.807, 2.05) is 31.2 Å². The number of nitrogens with one attached hydrogen (secondary N) is 1. The van der Waals surface area contributed by atoms with E-state index in [-0.39, 0.29) is 6.54 Å². The summed E-state index contributed by atoms with van der Waals surface area (Å²) in [6, 6.07) is 19.0. The van der Waals surface area contributed by atoms with E-state index >= 15 is 0 Å². The molecule has 4 rings (SSSR count). The predicted molar refractivity (Wildman–Crippen MR) is 113 cm³/mol. The lowest BCUT2D eigenvalue weighted by Gasteiger charge is -2.10. The molecule has 4 aromatic rings. The van der Waals surface area contributed by atoms with Gasteiger partial charge in [0.15, 0.2) is 0 Å². The normalized spacial score (nSPS) is 11.4. The van der Waals surface area contributed by atoms with Crippen molar-refractivity contribution in [1.29, 1.82) is 0 Å². The van der Waals surface area contributed by atoms with Crippen molar-refractivity contribution in [3.63, 3.8) is 0 Å². The van der Waals surface area contributed by atoms with E-state index < -0.39 is 17.6 Å². The second-order valence-corrected chi connectivity index (χ2v) is 7.19. The molecule has 1 N–H and O–H groups in total. The fraction of sp³-hybridized carbons (Fsp3) is 0.125. The van der Waals surface area contributed by atoms with E-state index in [9.17, 15) is 18.0 Å². The standard InChI is InChI=1S/C24H18F3N3O2/c1-15-5-2-3-8-20(15)23-30-29-22(32-23)18-11-9-17(10-12-18)21(31)28-14-16-6-4-7-19(13-16)24(25,26)27/h2-13H,14H2,1H3,(H,28,31). The van der Waals surface area contributed by atoms with Crippen LogP contribution in [0.4, 0.5) is 13.2 Å². The van der Waals surface area contributed by atoms with Crippen LogP contribution in [-0.4, -0.2) is 16.1 Å². The predicted octanol–water partition coefficient (Wildman–Crippen LogP) is 5.66. The Morgan fingerprint density at radius 3 is 2.38 bits per heavy atom. The number of hydrogen-bond donors (Lipinski definition) is 1. The molecule has 0 aliphatic rings. The maximum atomic E-state index is 12.8. The third kappa shape index (κ3) is 4.69. The highest BCUT2D eigenvalue weighted by Crippen LogP contribution is 2.29. The number of rotatable bonds is 5. The molecule has 5 nitrogen and oxygen atoms in total. The molecular weight excluding hydrogens is 419 g/mol. The molecule has 162 valence electrons. The minimum Gasteiger partial charge on any atom is -0.416 e. The van der Waals surface area contributed by atoms with E-state index in [0.29, 0.717) is 28.5 Å². The highest BCUT2D eigenvalue weighted by molar-refractivity contribution is 5.94. The number of alkyl halides is 3. The number of aromatic nitrogens is 2. The number of benzene rings is 3. The highest BCUT2D eigenvalue weighted by atomic mass is 19.4. The van der Waals surface area contributed by atoms with E-state index in [0.717, 1.165) is 23.3 Å². The van der Waals surface area contributed by atoms with Crippen molar-refractivity contribution in [1.82, 2.24) is 15.5 Å². The van der Waals surface area contributed by atoms with Crippen LogP contribution in [0.1, 0.15) is 27.0 Å². The van der Waals surface area contributed by atoms with Crippen LogP contribution in [0.2, 0.25) is 0 Å².